The smallest absolute Gasteiger partial charge is 0.123 e. The summed E-state index contributed by atoms with van der Waals surface area (Å²) >= 11 is 3.35. The molecule has 0 aromatic heterocycles. The zero-order valence-corrected chi connectivity index (χ0v) is 9.05. The number of hydrogen-bond donors (Lipinski definition) is 0. The summed E-state index contributed by atoms with van der Waals surface area (Å²) in [6.07, 6.45) is 1.09. The van der Waals surface area contributed by atoms with Gasteiger partial charge in [-0.15, -0.1) is 0 Å². The lowest BCUT2D eigenvalue weighted by Crippen LogP contribution is -2.16. The van der Waals surface area contributed by atoms with Crippen LogP contribution in [0.5, 0.6) is 5.75 Å². The molecular weight excluding hydrogens is 235 g/mol. The Balaban J connectivity index is 2.58. The molecule has 0 aliphatic rings. The lowest BCUT2D eigenvalue weighted by Gasteiger charge is -2.14. The molecule has 3 heteroatoms. The van der Waals surface area contributed by atoms with Gasteiger partial charge in [-0.05, 0) is 30.7 Å². The van der Waals surface area contributed by atoms with Crippen molar-refractivity contribution in [3.8, 4) is 5.75 Å². The first-order valence-corrected chi connectivity index (χ1v) is 5.36. The first-order valence-electron chi connectivity index (χ1n) is 4.24. The molecule has 0 bridgehead atoms. The topological polar surface area (TPSA) is 9.23 Å². The van der Waals surface area contributed by atoms with Crippen LogP contribution in [0.2, 0.25) is 0 Å². The van der Waals surface area contributed by atoms with Crippen molar-refractivity contribution in [1.82, 2.24) is 0 Å². The molecule has 1 atom stereocenters. The van der Waals surface area contributed by atoms with E-state index in [2.05, 4.69) is 22.9 Å². The van der Waals surface area contributed by atoms with E-state index in [9.17, 15) is 4.39 Å². The van der Waals surface area contributed by atoms with Crippen LogP contribution in [-0.4, -0.2) is 11.4 Å². The Morgan fingerprint density at radius 2 is 2.00 bits per heavy atom. The Kier molecular flexibility index (Phi) is 4.22. The molecule has 0 spiro atoms. The summed E-state index contributed by atoms with van der Waals surface area (Å²) in [6, 6.07) is 6.08. The van der Waals surface area contributed by atoms with Gasteiger partial charge in [0.25, 0.3) is 0 Å². The molecule has 13 heavy (non-hydrogen) atoms. The third-order valence-electron chi connectivity index (χ3n) is 1.74. The Labute approximate surface area is 86.0 Å². The molecule has 0 amide bonds. The molecule has 0 aliphatic carbocycles. The van der Waals surface area contributed by atoms with Gasteiger partial charge in [-0.1, -0.05) is 22.9 Å². The molecule has 1 aromatic rings. The molecule has 0 radical (unpaired) electrons. The predicted octanol–water partition coefficient (Wildman–Crippen LogP) is 3.38. The third kappa shape index (κ3) is 3.35. The van der Waals surface area contributed by atoms with Crippen LogP contribution in [0, 0.1) is 5.82 Å². The van der Waals surface area contributed by atoms with Gasteiger partial charge >= 0.3 is 0 Å². The molecule has 1 nitrogen and oxygen atoms in total. The van der Waals surface area contributed by atoms with Crippen LogP contribution in [0.15, 0.2) is 24.3 Å². The zero-order chi connectivity index (χ0) is 9.68. The Morgan fingerprint density at radius 3 is 2.46 bits per heavy atom. The van der Waals surface area contributed by atoms with E-state index < -0.39 is 0 Å². The van der Waals surface area contributed by atoms with E-state index in [4.69, 9.17) is 4.74 Å². The maximum atomic E-state index is 12.5. The second-order valence-corrected chi connectivity index (χ2v) is 3.40. The molecule has 0 N–H and O–H groups in total. The third-order valence-corrected chi connectivity index (χ3v) is 2.47. The van der Waals surface area contributed by atoms with Gasteiger partial charge in [0, 0.05) is 5.33 Å². The van der Waals surface area contributed by atoms with Crippen molar-refractivity contribution in [2.75, 3.05) is 5.33 Å². The summed E-state index contributed by atoms with van der Waals surface area (Å²) < 4.78 is 18.1. The molecule has 72 valence electrons. The number of benzene rings is 1. The van der Waals surface area contributed by atoms with Gasteiger partial charge in [0.1, 0.15) is 17.7 Å². The van der Waals surface area contributed by atoms with Crippen LogP contribution in [-0.2, 0) is 0 Å². The second kappa shape index (κ2) is 5.22. The van der Waals surface area contributed by atoms with Gasteiger partial charge in [0.2, 0.25) is 0 Å². The average Bonchev–Trinajstić information content (AvgIpc) is 2.17. The Morgan fingerprint density at radius 1 is 1.38 bits per heavy atom. The highest BCUT2D eigenvalue weighted by Gasteiger charge is 2.05. The molecule has 0 aliphatic heterocycles. The van der Waals surface area contributed by atoms with Crippen LogP contribution in [0.25, 0.3) is 0 Å². The molecule has 0 fully saturated rings. The summed E-state index contributed by atoms with van der Waals surface area (Å²) in [7, 11) is 0. The standard InChI is InChI=1S/C10H12BrFO/c1-2-9(7-11)13-10-5-3-8(12)4-6-10/h3-6,9H,2,7H2,1H3. The summed E-state index contributed by atoms with van der Waals surface area (Å²) in [5.41, 5.74) is 0. The van der Waals surface area contributed by atoms with Crippen LogP contribution in [0.3, 0.4) is 0 Å². The van der Waals surface area contributed by atoms with Gasteiger partial charge in [-0.3, -0.25) is 0 Å². The highest BCUT2D eigenvalue weighted by molar-refractivity contribution is 9.09. The molecular formula is C10H12BrFO. The maximum Gasteiger partial charge on any atom is 0.123 e. The maximum absolute atomic E-state index is 12.5. The van der Waals surface area contributed by atoms with Crippen LogP contribution in [0.4, 0.5) is 4.39 Å². The van der Waals surface area contributed by atoms with E-state index in [-0.39, 0.29) is 11.9 Å². The number of halogens is 2. The fourth-order valence-corrected chi connectivity index (χ4v) is 1.52. The minimum atomic E-state index is -0.237. The van der Waals surface area contributed by atoms with Crippen molar-refractivity contribution in [3.05, 3.63) is 30.1 Å². The highest BCUT2D eigenvalue weighted by atomic mass is 79.9. The van der Waals surface area contributed by atoms with E-state index in [1.165, 1.54) is 12.1 Å². The van der Waals surface area contributed by atoms with Crippen molar-refractivity contribution >= 4 is 15.9 Å². The zero-order valence-electron chi connectivity index (χ0n) is 7.47. The number of rotatable bonds is 4. The molecule has 0 saturated carbocycles. The average molecular weight is 247 g/mol. The summed E-state index contributed by atoms with van der Waals surface area (Å²) in [6.45, 7) is 2.05. The summed E-state index contributed by atoms with van der Waals surface area (Å²) in [4.78, 5) is 0. The van der Waals surface area contributed by atoms with E-state index in [1.54, 1.807) is 12.1 Å². The van der Waals surface area contributed by atoms with Crippen molar-refractivity contribution in [2.24, 2.45) is 0 Å². The molecule has 1 rings (SSSR count). The normalized spacial score (nSPS) is 12.5. The minimum Gasteiger partial charge on any atom is -0.490 e. The molecule has 1 aromatic carbocycles. The summed E-state index contributed by atoms with van der Waals surface area (Å²) in [5, 5.41) is 0.793. The van der Waals surface area contributed by atoms with Crippen LogP contribution in [0.1, 0.15) is 13.3 Å². The van der Waals surface area contributed by atoms with E-state index in [0.717, 1.165) is 11.8 Å². The monoisotopic (exact) mass is 246 g/mol. The van der Waals surface area contributed by atoms with Gasteiger partial charge in [-0.2, -0.15) is 0 Å². The highest BCUT2D eigenvalue weighted by Crippen LogP contribution is 2.14. The summed E-state index contributed by atoms with van der Waals surface area (Å²) in [5.74, 6) is 0.479. The SMILES string of the molecule is CCC(CBr)Oc1ccc(F)cc1. The largest absolute Gasteiger partial charge is 0.490 e. The van der Waals surface area contributed by atoms with Crippen molar-refractivity contribution in [1.29, 1.82) is 0 Å². The van der Waals surface area contributed by atoms with Crippen molar-refractivity contribution in [3.63, 3.8) is 0 Å². The Bertz CT molecular complexity index is 244. The number of ether oxygens (including phenoxy) is 1. The van der Waals surface area contributed by atoms with E-state index in [0.29, 0.717) is 5.75 Å². The quantitative estimate of drug-likeness (QED) is 0.741. The van der Waals surface area contributed by atoms with Crippen molar-refractivity contribution < 1.29 is 9.13 Å². The van der Waals surface area contributed by atoms with Crippen LogP contribution >= 0.6 is 15.9 Å². The lowest BCUT2D eigenvalue weighted by molar-refractivity contribution is 0.223. The molecule has 1 unspecified atom stereocenters. The second-order valence-electron chi connectivity index (χ2n) is 2.76. The van der Waals surface area contributed by atoms with Gasteiger partial charge in [0.05, 0.1) is 0 Å². The van der Waals surface area contributed by atoms with Gasteiger partial charge in [0.15, 0.2) is 0 Å². The number of alkyl halides is 1. The fourth-order valence-electron chi connectivity index (χ4n) is 0.930. The fraction of sp³-hybridized carbons (Fsp3) is 0.400. The Hall–Kier alpha value is -0.570. The molecule has 0 saturated heterocycles. The van der Waals surface area contributed by atoms with Gasteiger partial charge < -0.3 is 4.74 Å². The van der Waals surface area contributed by atoms with E-state index in [1.807, 2.05) is 0 Å². The minimum absolute atomic E-state index is 0.158. The first-order chi connectivity index (χ1) is 6.26. The van der Waals surface area contributed by atoms with Gasteiger partial charge in [-0.25, -0.2) is 4.39 Å². The first kappa shape index (κ1) is 10.5. The number of hydrogen-bond acceptors (Lipinski definition) is 1. The van der Waals surface area contributed by atoms with Crippen molar-refractivity contribution in [2.45, 2.75) is 19.4 Å². The van der Waals surface area contributed by atoms with Crippen LogP contribution < -0.4 is 4.74 Å². The predicted molar refractivity (Wildman–Crippen MR) is 54.9 cm³/mol. The van der Waals surface area contributed by atoms with E-state index >= 15 is 0 Å². The molecule has 0 heterocycles. The lowest BCUT2D eigenvalue weighted by atomic mass is 10.3.